The molecule has 3 nitrogen and oxygen atoms in total. The van der Waals surface area contributed by atoms with Crippen molar-refractivity contribution in [2.24, 2.45) is 4.99 Å². The number of guanidine groups is 1. The first kappa shape index (κ1) is 12.1. The number of thiophene rings is 2. The molecule has 0 aliphatic carbocycles. The van der Waals surface area contributed by atoms with Crippen LogP contribution >= 0.6 is 22.7 Å². The SMILES string of the molecule is CN=C(NCc1ccsc1)NCc1ccsc1. The Bertz CT molecular complexity index is 406. The van der Waals surface area contributed by atoms with Crippen LogP contribution in [0.25, 0.3) is 0 Å². The third kappa shape index (κ3) is 3.87. The van der Waals surface area contributed by atoms with Gasteiger partial charge in [-0.15, -0.1) is 0 Å². The molecule has 5 heteroatoms. The minimum absolute atomic E-state index is 0.812. The molecule has 0 saturated carbocycles. The summed E-state index contributed by atoms with van der Waals surface area (Å²) >= 11 is 3.42. The molecule has 0 aliphatic rings. The van der Waals surface area contributed by atoms with E-state index in [2.05, 4.69) is 49.3 Å². The van der Waals surface area contributed by atoms with Crippen LogP contribution in [-0.4, -0.2) is 13.0 Å². The number of nitrogens with one attached hydrogen (secondary N) is 2. The fraction of sp³-hybridized carbons (Fsp3) is 0.250. The predicted octanol–water partition coefficient (Wildman–Crippen LogP) is 2.67. The van der Waals surface area contributed by atoms with Crippen molar-refractivity contribution in [2.75, 3.05) is 7.05 Å². The number of rotatable bonds is 4. The monoisotopic (exact) mass is 265 g/mol. The Hall–Kier alpha value is -1.33. The molecule has 0 bridgehead atoms. The Labute approximate surface area is 109 Å². The Kier molecular flexibility index (Phi) is 4.58. The molecule has 0 saturated heterocycles. The molecule has 0 radical (unpaired) electrons. The van der Waals surface area contributed by atoms with Gasteiger partial charge >= 0.3 is 0 Å². The van der Waals surface area contributed by atoms with Crippen molar-refractivity contribution in [3.63, 3.8) is 0 Å². The van der Waals surface area contributed by atoms with E-state index in [0.29, 0.717) is 0 Å². The van der Waals surface area contributed by atoms with Gasteiger partial charge < -0.3 is 10.6 Å². The molecule has 2 aromatic rings. The molecular weight excluding hydrogens is 250 g/mol. The second-order valence-corrected chi connectivity index (χ2v) is 5.10. The van der Waals surface area contributed by atoms with E-state index in [1.54, 1.807) is 29.7 Å². The lowest BCUT2D eigenvalue weighted by Gasteiger charge is -2.10. The Morgan fingerprint density at radius 2 is 1.59 bits per heavy atom. The third-order valence-corrected chi connectivity index (χ3v) is 3.77. The van der Waals surface area contributed by atoms with E-state index in [-0.39, 0.29) is 0 Å². The van der Waals surface area contributed by atoms with Crippen LogP contribution in [0.5, 0.6) is 0 Å². The van der Waals surface area contributed by atoms with Crippen LogP contribution in [0.2, 0.25) is 0 Å². The first-order chi connectivity index (χ1) is 8.38. The van der Waals surface area contributed by atoms with Crippen molar-refractivity contribution in [1.29, 1.82) is 0 Å². The topological polar surface area (TPSA) is 36.4 Å². The highest BCUT2D eigenvalue weighted by Gasteiger charge is 1.99. The summed E-state index contributed by atoms with van der Waals surface area (Å²) in [6.45, 7) is 1.62. The van der Waals surface area contributed by atoms with E-state index in [0.717, 1.165) is 19.0 Å². The lowest BCUT2D eigenvalue weighted by Crippen LogP contribution is -2.36. The van der Waals surface area contributed by atoms with Crippen LogP contribution in [0.3, 0.4) is 0 Å². The van der Waals surface area contributed by atoms with Gasteiger partial charge in [-0.05, 0) is 44.8 Å². The molecule has 0 spiro atoms. The molecule has 0 atom stereocenters. The second kappa shape index (κ2) is 6.42. The normalized spacial score (nSPS) is 9.94. The van der Waals surface area contributed by atoms with E-state index in [9.17, 15) is 0 Å². The smallest absolute Gasteiger partial charge is 0.191 e. The predicted molar refractivity (Wildman–Crippen MR) is 75.7 cm³/mol. The number of hydrogen-bond donors (Lipinski definition) is 2. The highest BCUT2D eigenvalue weighted by Crippen LogP contribution is 2.06. The maximum absolute atomic E-state index is 4.19. The molecule has 2 aromatic heterocycles. The number of hydrogen-bond acceptors (Lipinski definition) is 3. The molecule has 17 heavy (non-hydrogen) atoms. The average molecular weight is 265 g/mol. The van der Waals surface area contributed by atoms with Crippen LogP contribution in [-0.2, 0) is 13.1 Å². The van der Waals surface area contributed by atoms with Gasteiger partial charge in [0.05, 0.1) is 0 Å². The Morgan fingerprint density at radius 1 is 1.06 bits per heavy atom. The molecule has 0 unspecified atom stereocenters. The first-order valence-electron chi connectivity index (χ1n) is 5.35. The first-order valence-corrected chi connectivity index (χ1v) is 7.23. The Morgan fingerprint density at radius 3 is 1.94 bits per heavy atom. The van der Waals surface area contributed by atoms with Crippen molar-refractivity contribution in [2.45, 2.75) is 13.1 Å². The maximum atomic E-state index is 4.19. The van der Waals surface area contributed by atoms with Gasteiger partial charge in [-0.25, -0.2) is 0 Å². The van der Waals surface area contributed by atoms with Crippen molar-refractivity contribution in [3.05, 3.63) is 44.8 Å². The highest BCUT2D eigenvalue weighted by atomic mass is 32.1. The molecule has 0 aromatic carbocycles. The largest absolute Gasteiger partial charge is 0.352 e. The minimum atomic E-state index is 0.812. The number of aliphatic imine (C=N–C) groups is 1. The zero-order valence-electron chi connectivity index (χ0n) is 9.64. The standard InChI is InChI=1S/C12H15N3S2/c1-13-12(14-6-10-2-4-16-8-10)15-7-11-3-5-17-9-11/h2-5,8-9H,6-7H2,1H3,(H2,13,14,15). The molecule has 0 aliphatic heterocycles. The molecule has 0 amide bonds. The fourth-order valence-corrected chi connectivity index (χ4v) is 2.72. The summed E-state index contributed by atoms with van der Waals surface area (Å²) in [4.78, 5) is 4.19. The van der Waals surface area contributed by atoms with Crippen molar-refractivity contribution < 1.29 is 0 Å². The van der Waals surface area contributed by atoms with Crippen LogP contribution in [0, 0.1) is 0 Å². The van der Waals surface area contributed by atoms with Gasteiger partial charge in [-0.2, -0.15) is 22.7 Å². The van der Waals surface area contributed by atoms with Gasteiger partial charge in [-0.3, -0.25) is 4.99 Å². The van der Waals surface area contributed by atoms with Gasteiger partial charge in [0.1, 0.15) is 0 Å². The van der Waals surface area contributed by atoms with Gasteiger partial charge in [0.2, 0.25) is 0 Å². The van der Waals surface area contributed by atoms with Crippen LogP contribution < -0.4 is 10.6 Å². The molecule has 0 fully saturated rings. The van der Waals surface area contributed by atoms with Crippen molar-refractivity contribution >= 4 is 28.6 Å². The quantitative estimate of drug-likeness (QED) is 0.658. The molecular formula is C12H15N3S2. The van der Waals surface area contributed by atoms with Crippen LogP contribution in [0.4, 0.5) is 0 Å². The van der Waals surface area contributed by atoms with Gasteiger partial charge in [0, 0.05) is 20.1 Å². The maximum Gasteiger partial charge on any atom is 0.191 e. The minimum Gasteiger partial charge on any atom is -0.352 e. The zero-order valence-corrected chi connectivity index (χ0v) is 11.3. The summed E-state index contributed by atoms with van der Waals surface area (Å²) in [5.74, 6) is 0.836. The lowest BCUT2D eigenvalue weighted by atomic mass is 10.3. The van der Waals surface area contributed by atoms with E-state index in [4.69, 9.17) is 0 Å². The van der Waals surface area contributed by atoms with Gasteiger partial charge in [-0.1, -0.05) is 0 Å². The van der Waals surface area contributed by atoms with Crippen LogP contribution in [0.1, 0.15) is 11.1 Å². The molecule has 90 valence electrons. The summed E-state index contributed by atoms with van der Waals surface area (Å²) in [6, 6.07) is 4.23. The summed E-state index contributed by atoms with van der Waals surface area (Å²) in [5.41, 5.74) is 2.57. The summed E-state index contributed by atoms with van der Waals surface area (Å²) < 4.78 is 0. The summed E-state index contributed by atoms with van der Waals surface area (Å²) in [5, 5.41) is 15.0. The highest BCUT2D eigenvalue weighted by molar-refractivity contribution is 7.08. The lowest BCUT2D eigenvalue weighted by molar-refractivity contribution is 0.812. The fourth-order valence-electron chi connectivity index (χ4n) is 1.38. The Balaban J connectivity index is 1.77. The van der Waals surface area contributed by atoms with E-state index in [1.165, 1.54) is 11.1 Å². The van der Waals surface area contributed by atoms with E-state index >= 15 is 0 Å². The van der Waals surface area contributed by atoms with Crippen LogP contribution in [0.15, 0.2) is 38.6 Å². The van der Waals surface area contributed by atoms with E-state index < -0.39 is 0 Å². The van der Waals surface area contributed by atoms with Gasteiger partial charge in [0.15, 0.2) is 5.96 Å². The molecule has 2 N–H and O–H groups in total. The van der Waals surface area contributed by atoms with Gasteiger partial charge in [0.25, 0.3) is 0 Å². The number of nitrogens with zero attached hydrogens (tertiary/aromatic N) is 1. The zero-order chi connectivity index (χ0) is 11.9. The summed E-state index contributed by atoms with van der Waals surface area (Å²) in [7, 11) is 1.79. The average Bonchev–Trinajstić information content (AvgIpc) is 3.02. The third-order valence-electron chi connectivity index (χ3n) is 2.30. The molecule has 2 rings (SSSR count). The van der Waals surface area contributed by atoms with Crippen molar-refractivity contribution in [1.82, 2.24) is 10.6 Å². The summed E-state index contributed by atoms with van der Waals surface area (Å²) in [6.07, 6.45) is 0. The second-order valence-electron chi connectivity index (χ2n) is 3.54. The molecule has 2 heterocycles. The van der Waals surface area contributed by atoms with E-state index in [1.807, 2.05) is 0 Å². The van der Waals surface area contributed by atoms with Crippen molar-refractivity contribution in [3.8, 4) is 0 Å².